The molecule has 1 amide bonds. The third-order valence-corrected chi connectivity index (χ3v) is 3.74. The van der Waals surface area contributed by atoms with Crippen LogP contribution in [-0.4, -0.2) is 15.9 Å². The molecule has 0 unspecified atom stereocenters. The van der Waals surface area contributed by atoms with Crippen LogP contribution in [0.5, 0.6) is 0 Å². The summed E-state index contributed by atoms with van der Waals surface area (Å²) < 4.78 is 12.9. The predicted octanol–water partition coefficient (Wildman–Crippen LogP) is 4.23. The van der Waals surface area contributed by atoms with Crippen molar-refractivity contribution < 1.29 is 9.18 Å². The Morgan fingerprint density at radius 2 is 1.68 bits per heavy atom. The number of hydrogen-bond donors (Lipinski definition) is 2. The topological polar surface area (TPSA) is 66.9 Å². The lowest BCUT2D eigenvalue weighted by atomic mass is 10.1. The SMILES string of the molecule is Cc1cccc(C)c1Nc1cc(C(=O)Nc2ccc(F)cc2)ncn1. The monoisotopic (exact) mass is 336 g/mol. The molecule has 3 aromatic rings. The number of aryl methyl sites for hydroxylation is 2. The number of para-hydroxylation sites is 1. The highest BCUT2D eigenvalue weighted by Gasteiger charge is 2.10. The third-order valence-electron chi connectivity index (χ3n) is 3.74. The molecule has 0 radical (unpaired) electrons. The lowest BCUT2D eigenvalue weighted by molar-refractivity contribution is 0.102. The molecule has 0 bridgehead atoms. The molecule has 0 atom stereocenters. The van der Waals surface area contributed by atoms with Gasteiger partial charge in [-0.05, 0) is 49.2 Å². The lowest BCUT2D eigenvalue weighted by Crippen LogP contribution is -2.14. The van der Waals surface area contributed by atoms with E-state index in [1.165, 1.54) is 30.6 Å². The fourth-order valence-electron chi connectivity index (χ4n) is 2.42. The van der Waals surface area contributed by atoms with Gasteiger partial charge in [-0.1, -0.05) is 18.2 Å². The van der Waals surface area contributed by atoms with E-state index in [1.807, 2.05) is 32.0 Å². The van der Waals surface area contributed by atoms with Gasteiger partial charge in [-0.25, -0.2) is 14.4 Å². The highest BCUT2D eigenvalue weighted by atomic mass is 19.1. The summed E-state index contributed by atoms with van der Waals surface area (Å²) in [6.45, 7) is 4.00. The van der Waals surface area contributed by atoms with E-state index in [0.29, 0.717) is 11.5 Å². The molecular weight excluding hydrogens is 319 g/mol. The molecule has 0 aliphatic heterocycles. The number of nitrogens with zero attached hydrogens (tertiary/aromatic N) is 2. The van der Waals surface area contributed by atoms with Gasteiger partial charge in [0.15, 0.2) is 0 Å². The maximum absolute atomic E-state index is 12.9. The largest absolute Gasteiger partial charge is 0.340 e. The summed E-state index contributed by atoms with van der Waals surface area (Å²) in [5, 5.41) is 5.90. The van der Waals surface area contributed by atoms with Gasteiger partial charge in [0, 0.05) is 17.4 Å². The van der Waals surface area contributed by atoms with Crippen LogP contribution in [0.4, 0.5) is 21.6 Å². The minimum absolute atomic E-state index is 0.216. The van der Waals surface area contributed by atoms with E-state index in [1.54, 1.807) is 6.07 Å². The lowest BCUT2D eigenvalue weighted by Gasteiger charge is -2.12. The summed E-state index contributed by atoms with van der Waals surface area (Å²) in [6.07, 6.45) is 1.33. The average molecular weight is 336 g/mol. The van der Waals surface area contributed by atoms with Crippen LogP contribution < -0.4 is 10.6 Å². The highest BCUT2D eigenvalue weighted by Crippen LogP contribution is 2.23. The Morgan fingerprint density at radius 1 is 1.00 bits per heavy atom. The van der Waals surface area contributed by atoms with Gasteiger partial charge in [0.2, 0.25) is 0 Å². The second-order valence-electron chi connectivity index (χ2n) is 5.64. The zero-order valence-electron chi connectivity index (χ0n) is 13.9. The van der Waals surface area contributed by atoms with Crippen molar-refractivity contribution in [1.29, 1.82) is 0 Å². The van der Waals surface area contributed by atoms with E-state index in [4.69, 9.17) is 0 Å². The molecule has 25 heavy (non-hydrogen) atoms. The van der Waals surface area contributed by atoms with E-state index in [0.717, 1.165) is 16.8 Å². The van der Waals surface area contributed by atoms with E-state index < -0.39 is 5.91 Å². The number of nitrogens with one attached hydrogen (secondary N) is 2. The van der Waals surface area contributed by atoms with Crippen LogP contribution in [0.25, 0.3) is 0 Å². The Bertz CT molecular complexity index is 889. The second-order valence-corrected chi connectivity index (χ2v) is 5.64. The van der Waals surface area contributed by atoms with E-state index in [-0.39, 0.29) is 11.5 Å². The van der Waals surface area contributed by atoms with Crippen molar-refractivity contribution in [2.75, 3.05) is 10.6 Å². The van der Waals surface area contributed by atoms with Crippen molar-refractivity contribution in [3.63, 3.8) is 0 Å². The van der Waals surface area contributed by atoms with Crippen LogP contribution in [0.3, 0.4) is 0 Å². The number of halogens is 1. The molecule has 0 saturated carbocycles. The first-order chi connectivity index (χ1) is 12.0. The standard InChI is InChI=1S/C19H17FN4O/c1-12-4-3-5-13(2)18(12)24-17-10-16(21-11-22-17)19(25)23-15-8-6-14(20)7-9-15/h3-11H,1-2H3,(H,23,25)(H,21,22,24). The molecule has 2 aromatic carbocycles. The number of benzene rings is 2. The maximum atomic E-state index is 12.9. The molecule has 5 nitrogen and oxygen atoms in total. The van der Waals surface area contributed by atoms with Crippen molar-refractivity contribution in [1.82, 2.24) is 9.97 Å². The minimum Gasteiger partial charge on any atom is -0.340 e. The molecule has 0 aliphatic rings. The minimum atomic E-state index is -0.390. The van der Waals surface area contributed by atoms with Crippen LogP contribution in [-0.2, 0) is 0 Å². The Labute approximate surface area is 145 Å². The molecule has 0 fully saturated rings. The normalized spacial score (nSPS) is 10.4. The molecular formula is C19H17FN4O. The first-order valence-corrected chi connectivity index (χ1v) is 7.75. The number of carbonyl (C=O) groups excluding carboxylic acids is 1. The molecule has 126 valence electrons. The summed E-state index contributed by atoms with van der Waals surface area (Å²) in [6, 6.07) is 13.1. The Hall–Kier alpha value is -3.28. The zero-order chi connectivity index (χ0) is 17.8. The van der Waals surface area contributed by atoms with Crippen LogP contribution in [0.1, 0.15) is 21.6 Å². The van der Waals surface area contributed by atoms with Crippen LogP contribution in [0.15, 0.2) is 54.9 Å². The number of rotatable bonds is 4. The van der Waals surface area contributed by atoms with Gasteiger partial charge in [0.1, 0.15) is 23.7 Å². The van der Waals surface area contributed by atoms with E-state index in [9.17, 15) is 9.18 Å². The molecule has 0 aliphatic carbocycles. The first kappa shape index (κ1) is 16.6. The van der Waals surface area contributed by atoms with Crippen LogP contribution in [0, 0.1) is 19.7 Å². The van der Waals surface area contributed by atoms with E-state index in [2.05, 4.69) is 20.6 Å². The van der Waals surface area contributed by atoms with Crippen molar-refractivity contribution in [2.45, 2.75) is 13.8 Å². The second kappa shape index (κ2) is 7.09. The van der Waals surface area contributed by atoms with Gasteiger partial charge in [-0.2, -0.15) is 0 Å². The quantitative estimate of drug-likeness (QED) is 0.748. The number of amides is 1. The highest BCUT2D eigenvalue weighted by molar-refractivity contribution is 6.03. The van der Waals surface area contributed by atoms with E-state index >= 15 is 0 Å². The maximum Gasteiger partial charge on any atom is 0.274 e. The van der Waals surface area contributed by atoms with Crippen molar-refractivity contribution in [2.24, 2.45) is 0 Å². The molecule has 6 heteroatoms. The third kappa shape index (κ3) is 3.98. The van der Waals surface area contributed by atoms with Crippen LogP contribution in [0.2, 0.25) is 0 Å². The number of aromatic nitrogens is 2. The first-order valence-electron chi connectivity index (χ1n) is 7.75. The smallest absolute Gasteiger partial charge is 0.274 e. The van der Waals surface area contributed by atoms with Gasteiger partial charge < -0.3 is 10.6 Å². The van der Waals surface area contributed by atoms with Gasteiger partial charge in [0.05, 0.1) is 0 Å². The number of anilines is 3. The average Bonchev–Trinajstić information content (AvgIpc) is 2.60. The Balaban J connectivity index is 1.79. The summed E-state index contributed by atoms with van der Waals surface area (Å²) >= 11 is 0. The summed E-state index contributed by atoms with van der Waals surface area (Å²) in [7, 11) is 0. The molecule has 1 heterocycles. The van der Waals surface area contributed by atoms with Crippen molar-refractivity contribution >= 4 is 23.1 Å². The van der Waals surface area contributed by atoms with Crippen molar-refractivity contribution in [3.8, 4) is 0 Å². The summed E-state index contributed by atoms with van der Waals surface area (Å²) in [4.78, 5) is 20.5. The molecule has 1 aromatic heterocycles. The number of hydrogen-bond acceptors (Lipinski definition) is 4. The summed E-state index contributed by atoms with van der Waals surface area (Å²) in [5.74, 6) is -0.227. The van der Waals surface area contributed by atoms with Gasteiger partial charge in [0.25, 0.3) is 5.91 Å². The fourth-order valence-corrected chi connectivity index (χ4v) is 2.42. The predicted molar refractivity (Wildman–Crippen MR) is 95.6 cm³/mol. The molecule has 3 rings (SSSR count). The van der Waals surface area contributed by atoms with Gasteiger partial charge in [-0.3, -0.25) is 4.79 Å². The molecule has 0 spiro atoms. The van der Waals surface area contributed by atoms with Gasteiger partial charge in [-0.15, -0.1) is 0 Å². The molecule has 0 saturated heterocycles. The van der Waals surface area contributed by atoms with Gasteiger partial charge >= 0.3 is 0 Å². The summed E-state index contributed by atoms with van der Waals surface area (Å²) in [5.41, 5.74) is 3.82. The Kier molecular flexibility index (Phi) is 4.70. The number of carbonyl (C=O) groups is 1. The van der Waals surface area contributed by atoms with Crippen LogP contribution >= 0.6 is 0 Å². The zero-order valence-corrected chi connectivity index (χ0v) is 13.9. The molecule has 2 N–H and O–H groups in total. The fraction of sp³-hybridized carbons (Fsp3) is 0.105. The van der Waals surface area contributed by atoms with Crippen molar-refractivity contribution in [3.05, 3.63) is 77.5 Å². The Morgan fingerprint density at radius 3 is 2.36 bits per heavy atom.